The SMILES string of the molecule is c1cnc(-c2ccc(-c3nc4ccccc4c4nc5ccccc5n34)c3ccccc23)nc1. The van der Waals surface area contributed by atoms with Gasteiger partial charge in [-0.1, -0.05) is 48.5 Å². The van der Waals surface area contributed by atoms with E-state index in [9.17, 15) is 0 Å². The number of hydrogen-bond acceptors (Lipinski definition) is 4. The van der Waals surface area contributed by atoms with Crippen LogP contribution in [0, 0.1) is 0 Å². The fourth-order valence-electron chi connectivity index (χ4n) is 4.65. The molecule has 0 aliphatic heterocycles. The molecule has 0 N–H and O–H groups in total. The van der Waals surface area contributed by atoms with E-state index in [2.05, 4.69) is 69.0 Å². The Morgan fingerprint density at radius 3 is 1.97 bits per heavy atom. The summed E-state index contributed by atoms with van der Waals surface area (Å²) in [7, 11) is 0. The quantitative estimate of drug-likeness (QED) is 0.327. The third-order valence-electron chi connectivity index (χ3n) is 6.12. The number of hydrogen-bond donors (Lipinski definition) is 0. The molecule has 0 aliphatic carbocycles. The molecule has 3 aromatic heterocycles. The van der Waals surface area contributed by atoms with Crippen molar-refractivity contribution < 1.29 is 0 Å². The molecule has 4 aromatic carbocycles. The summed E-state index contributed by atoms with van der Waals surface area (Å²) in [5.74, 6) is 1.58. The Balaban J connectivity index is 1.63. The molecule has 0 amide bonds. The van der Waals surface area contributed by atoms with E-state index in [0.717, 1.165) is 55.3 Å². The van der Waals surface area contributed by atoms with Gasteiger partial charge in [0.2, 0.25) is 0 Å². The highest BCUT2D eigenvalue weighted by Crippen LogP contribution is 2.36. The van der Waals surface area contributed by atoms with Crippen LogP contribution in [0.25, 0.3) is 61.1 Å². The van der Waals surface area contributed by atoms with Crippen molar-refractivity contribution in [3.05, 3.63) is 103 Å². The maximum absolute atomic E-state index is 5.14. The van der Waals surface area contributed by atoms with Crippen LogP contribution in [0.15, 0.2) is 103 Å². The van der Waals surface area contributed by atoms with Crippen molar-refractivity contribution in [3.8, 4) is 22.8 Å². The number of aromatic nitrogens is 5. The minimum Gasteiger partial charge on any atom is -0.276 e. The molecule has 7 rings (SSSR count). The van der Waals surface area contributed by atoms with Crippen molar-refractivity contribution in [3.63, 3.8) is 0 Å². The number of benzene rings is 4. The predicted molar refractivity (Wildman–Crippen MR) is 132 cm³/mol. The molecule has 0 spiro atoms. The maximum atomic E-state index is 5.14. The van der Waals surface area contributed by atoms with Gasteiger partial charge in [-0.2, -0.15) is 0 Å². The van der Waals surface area contributed by atoms with E-state index in [1.165, 1.54) is 0 Å². The molecule has 33 heavy (non-hydrogen) atoms. The van der Waals surface area contributed by atoms with Crippen LogP contribution in [0.3, 0.4) is 0 Å². The topological polar surface area (TPSA) is 56.0 Å². The van der Waals surface area contributed by atoms with E-state index in [4.69, 9.17) is 9.97 Å². The van der Waals surface area contributed by atoms with Gasteiger partial charge in [0.15, 0.2) is 5.82 Å². The summed E-state index contributed by atoms with van der Waals surface area (Å²) < 4.78 is 2.18. The summed E-state index contributed by atoms with van der Waals surface area (Å²) >= 11 is 0. The second-order valence-electron chi connectivity index (χ2n) is 7.99. The summed E-state index contributed by atoms with van der Waals surface area (Å²) in [5, 5.41) is 3.23. The maximum Gasteiger partial charge on any atom is 0.159 e. The van der Waals surface area contributed by atoms with Crippen molar-refractivity contribution >= 4 is 38.4 Å². The Morgan fingerprint density at radius 1 is 0.515 bits per heavy atom. The lowest BCUT2D eigenvalue weighted by molar-refractivity contribution is 1.16. The lowest BCUT2D eigenvalue weighted by Gasteiger charge is -2.13. The number of imidazole rings is 1. The zero-order valence-corrected chi connectivity index (χ0v) is 17.6. The van der Waals surface area contributed by atoms with Crippen molar-refractivity contribution in [2.45, 2.75) is 0 Å². The molecule has 0 unspecified atom stereocenters. The minimum absolute atomic E-state index is 0.713. The molecule has 5 nitrogen and oxygen atoms in total. The van der Waals surface area contributed by atoms with Gasteiger partial charge in [-0.05, 0) is 53.2 Å². The fraction of sp³-hybridized carbons (Fsp3) is 0. The standard InChI is InChI=1S/C28H17N5/c1-2-9-19-18(8-1)20(26-29-16-7-17-30-26)14-15-21(19)27-31-23-11-4-3-10-22(23)28-32-24-12-5-6-13-25(24)33(27)28/h1-17H. The summed E-state index contributed by atoms with van der Waals surface area (Å²) in [5.41, 5.74) is 5.88. The Bertz CT molecular complexity index is 1820. The second-order valence-corrected chi connectivity index (χ2v) is 7.99. The van der Waals surface area contributed by atoms with Gasteiger partial charge in [0, 0.05) is 28.9 Å². The van der Waals surface area contributed by atoms with E-state index in [-0.39, 0.29) is 0 Å². The van der Waals surface area contributed by atoms with Crippen molar-refractivity contribution in [1.82, 2.24) is 24.3 Å². The third-order valence-corrected chi connectivity index (χ3v) is 6.12. The molecule has 3 heterocycles. The Labute approximate surface area is 189 Å². The van der Waals surface area contributed by atoms with E-state index >= 15 is 0 Å². The van der Waals surface area contributed by atoms with Crippen LogP contribution in [0.5, 0.6) is 0 Å². The van der Waals surface area contributed by atoms with Crippen molar-refractivity contribution in [2.75, 3.05) is 0 Å². The molecule has 0 saturated carbocycles. The summed E-state index contributed by atoms with van der Waals surface area (Å²) in [6.45, 7) is 0. The molecule has 0 atom stereocenters. The molecule has 0 aliphatic rings. The molecule has 7 aromatic rings. The highest BCUT2D eigenvalue weighted by atomic mass is 15.1. The Kier molecular flexibility index (Phi) is 3.78. The van der Waals surface area contributed by atoms with E-state index in [1.54, 1.807) is 12.4 Å². The van der Waals surface area contributed by atoms with Gasteiger partial charge in [0.1, 0.15) is 11.5 Å². The minimum atomic E-state index is 0.713. The van der Waals surface area contributed by atoms with Crippen LogP contribution >= 0.6 is 0 Å². The lowest BCUT2D eigenvalue weighted by atomic mass is 9.98. The van der Waals surface area contributed by atoms with Gasteiger partial charge < -0.3 is 0 Å². The summed E-state index contributed by atoms with van der Waals surface area (Å²) in [6, 6.07) is 30.8. The van der Waals surface area contributed by atoms with Gasteiger partial charge in [-0.25, -0.2) is 19.9 Å². The molecular weight excluding hydrogens is 406 g/mol. The lowest BCUT2D eigenvalue weighted by Crippen LogP contribution is -1.99. The van der Waals surface area contributed by atoms with E-state index in [0.29, 0.717) is 5.82 Å². The highest BCUT2D eigenvalue weighted by molar-refractivity contribution is 6.05. The van der Waals surface area contributed by atoms with Gasteiger partial charge in [0.25, 0.3) is 0 Å². The number of fused-ring (bicyclic) bond motifs is 6. The average molecular weight is 423 g/mol. The van der Waals surface area contributed by atoms with Gasteiger partial charge >= 0.3 is 0 Å². The van der Waals surface area contributed by atoms with Crippen LogP contribution in [-0.4, -0.2) is 24.3 Å². The first-order valence-corrected chi connectivity index (χ1v) is 10.8. The van der Waals surface area contributed by atoms with Crippen molar-refractivity contribution in [1.29, 1.82) is 0 Å². The molecule has 5 heteroatoms. The zero-order chi connectivity index (χ0) is 21.8. The highest BCUT2D eigenvalue weighted by Gasteiger charge is 2.18. The van der Waals surface area contributed by atoms with Gasteiger partial charge in [-0.15, -0.1) is 0 Å². The third kappa shape index (κ3) is 2.66. The normalized spacial score (nSPS) is 11.6. The van der Waals surface area contributed by atoms with Gasteiger partial charge in [0.05, 0.1) is 16.6 Å². The van der Waals surface area contributed by atoms with Gasteiger partial charge in [-0.3, -0.25) is 4.40 Å². The second kappa shape index (κ2) is 6.93. The van der Waals surface area contributed by atoms with Crippen LogP contribution in [-0.2, 0) is 0 Å². The van der Waals surface area contributed by atoms with Crippen LogP contribution < -0.4 is 0 Å². The van der Waals surface area contributed by atoms with E-state index in [1.807, 2.05) is 36.4 Å². The molecule has 0 bridgehead atoms. The number of para-hydroxylation sites is 3. The Hall–Kier alpha value is -4.64. The number of nitrogens with zero attached hydrogens (tertiary/aromatic N) is 5. The fourth-order valence-corrected chi connectivity index (χ4v) is 4.65. The average Bonchev–Trinajstić information content (AvgIpc) is 3.28. The first-order valence-electron chi connectivity index (χ1n) is 10.8. The Morgan fingerprint density at radius 2 is 1.15 bits per heavy atom. The smallest absolute Gasteiger partial charge is 0.159 e. The summed E-state index contributed by atoms with van der Waals surface area (Å²) in [6.07, 6.45) is 3.55. The summed E-state index contributed by atoms with van der Waals surface area (Å²) in [4.78, 5) is 19.1. The molecule has 154 valence electrons. The molecule has 0 fully saturated rings. The zero-order valence-electron chi connectivity index (χ0n) is 17.6. The largest absolute Gasteiger partial charge is 0.276 e. The van der Waals surface area contributed by atoms with Crippen molar-refractivity contribution in [2.24, 2.45) is 0 Å². The first kappa shape index (κ1) is 18.0. The molecular formula is C28H17N5. The van der Waals surface area contributed by atoms with Crippen LogP contribution in [0.1, 0.15) is 0 Å². The number of rotatable bonds is 2. The van der Waals surface area contributed by atoms with Crippen LogP contribution in [0.2, 0.25) is 0 Å². The van der Waals surface area contributed by atoms with E-state index < -0.39 is 0 Å². The molecule has 0 saturated heterocycles. The monoisotopic (exact) mass is 423 g/mol. The van der Waals surface area contributed by atoms with Crippen LogP contribution in [0.4, 0.5) is 0 Å². The molecule has 0 radical (unpaired) electrons. The first-order chi connectivity index (χ1) is 16.4. The predicted octanol–water partition coefficient (Wildman–Crippen LogP) is 6.31.